The van der Waals surface area contributed by atoms with Crippen molar-refractivity contribution in [3.63, 3.8) is 0 Å². The molecule has 1 fully saturated rings. The lowest BCUT2D eigenvalue weighted by Gasteiger charge is -2.25. The topological polar surface area (TPSA) is 111 Å². The average Bonchev–Trinajstić information content (AvgIpc) is 1.82. The van der Waals surface area contributed by atoms with Gasteiger partial charge in [0.1, 0.15) is 6.04 Å². The Labute approximate surface area is 56.9 Å². The van der Waals surface area contributed by atoms with Gasteiger partial charge in [-0.3, -0.25) is 15.5 Å². The Bertz CT molecular complexity index is 180. The van der Waals surface area contributed by atoms with E-state index in [0.717, 1.165) is 0 Å². The van der Waals surface area contributed by atoms with Crippen molar-refractivity contribution in [2.75, 3.05) is 0 Å². The van der Waals surface area contributed by atoms with E-state index in [0.29, 0.717) is 0 Å². The molecule has 1 aliphatic rings. The van der Waals surface area contributed by atoms with E-state index in [1.54, 1.807) is 0 Å². The Morgan fingerprint density at radius 2 is 2.30 bits per heavy atom. The molecule has 0 spiro atoms. The molecule has 6 N–H and O–H groups in total. The molecule has 0 radical (unpaired) electrons. The molecule has 6 nitrogen and oxygen atoms in total. The minimum Gasteiger partial charge on any atom is -0.371 e. The first-order valence-corrected chi connectivity index (χ1v) is 2.71. The molecule has 1 amide bonds. The van der Waals surface area contributed by atoms with E-state index >= 15 is 0 Å². The standard InChI is InChI=1S/C4H8N4O2/c5-1-2(9)7-4(6)8-3(1)10/h1-2,9H,5H2,(H3,6,7,8,10). The second-order valence-corrected chi connectivity index (χ2v) is 1.98. The minimum atomic E-state index is -1.15. The molecule has 1 saturated heterocycles. The first-order valence-electron chi connectivity index (χ1n) is 2.71. The molecule has 1 heterocycles. The molecule has 56 valence electrons. The van der Waals surface area contributed by atoms with Crippen molar-refractivity contribution >= 4 is 11.9 Å². The fraction of sp³-hybridized carbons (Fsp3) is 0.500. The highest BCUT2D eigenvalue weighted by Gasteiger charge is 2.28. The molecule has 10 heavy (non-hydrogen) atoms. The summed E-state index contributed by atoms with van der Waals surface area (Å²) in [7, 11) is 0. The molecule has 1 rings (SSSR count). The summed E-state index contributed by atoms with van der Waals surface area (Å²) in [5.41, 5.74) is 5.16. The number of amides is 1. The van der Waals surface area contributed by atoms with Gasteiger partial charge in [0.15, 0.2) is 12.2 Å². The van der Waals surface area contributed by atoms with Crippen LogP contribution in [0.5, 0.6) is 0 Å². The summed E-state index contributed by atoms with van der Waals surface area (Å²) in [6.45, 7) is 0. The molecule has 0 aromatic carbocycles. The van der Waals surface area contributed by atoms with Gasteiger partial charge in [0.25, 0.3) is 0 Å². The van der Waals surface area contributed by atoms with E-state index in [1.807, 2.05) is 0 Å². The van der Waals surface area contributed by atoms with Crippen molar-refractivity contribution in [3.8, 4) is 0 Å². The van der Waals surface area contributed by atoms with Crippen LogP contribution in [0.4, 0.5) is 0 Å². The van der Waals surface area contributed by atoms with Crippen LogP contribution >= 0.6 is 0 Å². The lowest BCUT2D eigenvalue weighted by Crippen LogP contribution is -2.64. The van der Waals surface area contributed by atoms with Gasteiger partial charge < -0.3 is 16.2 Å². The summed E-state index contributed by atoms with van der Waals surface area (Å²) in [6.07, 6.45) is -1.15. The molecular weight excluding hydrogens is 136 g/mol. The van der Waals surface area contributed by atoms with Crippen LogP contribution in [0.1, 0.15) is 0 Å². The fourth-order valence-electron chi connectivity index (χ4n) is 0.624. The third kappa shape index (κ3) is 1.07. The van der Waals surface area contributed by atoms with Crippen molar-refractivity contribution in [3.05, 3.63) is 0 Å². The van der Waals surface area contributed by atoms with Crippen LogP contribution in [0.2, 0.25) is 0 Å². The van der Waals surface area contributed by atoms with E-state index < -0.39 is 18.2 Å². The summed E-state index contributed by atoms with van der Waals surface area (Å²) in [5, 5.41) is 20.1. The van der Waals surface area contributed by atoms with Crippen molar-refractivity contribution in [2.45, 2.75) is 12.3 Å². The average molecular weight is 144 g/mol. The van der Waals surface area contributed by atoms with Gasteiger partial charge in [-0.05, 0) is 0 Å². The lowest BCUT2D eigenvalue weighted by molar-refractivity contribution is -0.124. The predicted octanol–water partition coefficient (Wildman–Crippen LogP) is -2.71. The molecular formula is C4H8N4O2. The lowest BCUT2D eigenvalue weighted by atomic mass is 10.2. The van der Waals surface area contributed by atoms with Crippen molar-refractivity contribution in [1.82, 2.24) is 10.6 Å². The number of aliphatic hydroxyl groups is 1. The second-order valence-electron chi connectivity index (χ2n) is 1.98. The first kappa shape index (κ1) is 6.97. The maximum atomic E-state index is 10.6. The summed E-state index contributed by atoms with van der Waals surface area (Å²) >= 11 is 0. The first-order chi connectivity index (χ1) is 4.61. The number of carbonyl (C=O) groups excluding carboxylic acids is 1. The zero-order chi connectivity index (χ0) is 7.72. The molecule has 0 bridgehead atoms. The fourth-order valence-corrected chi connectivity index (χ4v) is 0.624. The van der Waals surface area contributed by atoms with Crippen molar-refractivity contribution < 1.29 is 9.90 Å². The number of hydrogen-bond donors (Lipinski definition) is 5. The Kier molecular flexibility index (Phi) is 1.56. The van der Waals surface area contributed by atoms with Gasteiger partial charge in [0, 0.05) is 0 Å². The van der Waals surface area contributed by atoms with E-state index in [-0.39, 0.29) is 5.96 Å². The van der Waals surface area contributed by atoms with Crippen LogP contribution in [-0.2, 0) is 4.79 Å². The van der Waals surface area contributed by atoms with E-state index in [2.05, 4.69) is 10.6 Å². The van der Waals surface area contributed by atoms with E-state index in [9.17, 15) is 4.79 Å². The third-order valence-electron chi connectivity index (χ3n) is 1.18. The van der Waals surface area contributed by atoms with Gasteiger partial charge in [-0.15, -0.1) is 0 Å². The molecule has 6 heteroatoms. The summed E-state index contributed by atoms with van der Waals surface area (Å²) in [6, 6.07) is -0.992. The van der Waals surface area contributed by atoms with Gasteiger partial charge in [-0.2, -0.15) is 0 Å². The summed E-state index contributed by atoms with van der Waals surface area (Å²) < 4.78 is 0. The molecule has 0 aromatic heterocycles. The van der Waals surface area contributed by atoms with Crippen LogP contribution in [0, 0.1) is 5.41 Å². The van der Waals surface area contributed by atoms with Gasteiger partial charge >= 0.3 is 0 Å². The van der Waals surface area contributed by atoms with E-state index in [4.69, 9.17) is 16.2 Å². The number of aliphatic hydroxyl groups excluding tert-OH is 1. The monoisotopic (exact) mass is 144 g/mol. The molecule has 1 aliphatic heterocycles. The zero-order valence-corrected chi connectivity index (χ0v) is 5.09. The summed E-state index contributed by atoms with van der Waals surface area (Å²) in [4.78, 5) is 10.6. The quantitative estimate of drug-likeness (QED) is 0.254. The highest BCUT2D eigenvalue weighted by atomic mass is 16.3. The van der Waals surface area contributed by atoms with Crippen molar-refractivity contribution in [1.29, 1.82) is 5.41 Å². The van der Waals surface area contributed by atoms with Gasteiger partial charge in [-0.25, -0.2) is 0 Å². The smallest absolute Gasteiger partial charge is 0.248 e. The number of hydrogen-bond acceptors (Lipinski definition) is 4. The highest BCUT2D eigenvalue weighted by molar-refractivity contribution is 6.00. The van der Waals surface area contributed by atoms with Gasteiger partial charge in [0.2, 0.25) is 5.91 Å². The largest absolute Gasteiger partial charge is 0.371 e. The van der Waals surface area contributed by atoms with Crippen LogP contribution < -0.4 is 16.4 Å². The normalized spacial score (nSPS) is 33.0. The SMILES string of the molecule is N=C1NC(=O)C(N)C(O)N1. The molecule has 2 atom stereocenters. The predicted molar refractivity (Wildman–Crippen MR) is 33.0 cm³/mol. The van der Waals surface area contributed by atoms with Crippen molar-refractivity contribution in [2.24, 2.45) is 5.73 Å². The number of guanidine groups is 1. The molecule has 0 saturated carbocycles. The summed E-state index contributed by atoms with van der Waals surface area (Å²) in [5.74, 6) is -0.768. The second kappa shape index (κ2) is 2.24. The maximum Gasteiger partial charge on any atom is 0.248 e. The Morgan fingerprint density at radius 3 is 2.80 bits per heavy atom. The zero-order valence-electron chi connectivity index (χ0n) is 5.09. The van der Waals surface area contributed by atoms with Crippen LogP contribution in [0.3, 0.4) is 0 Å². The Balaban J connectivity index is 2.66. The van der Waals surface area contributed by atoms with Crippen LogP contribution in [0.25, 0.3) is 0 Å². The Hall–Kier alpha value is -1.14. The maximum absolute atomic E-state index is 10.6. The molecule has 0 aromatic rings. The molecule has 0 aliphatic carbocycles. The van der Waals surface area contributed by atoms with Crippen LogP contribution in [0.15, 0.2) is 0 Å². The number of carbonyl (C=O) groups is 1. The van der Waals surface area contributed by atoms with Gasteiger partial charge in [0.05, 0.1) is 0 Å². The third-order valence-corrected chi connectivity index (χ3v) is 1.18. The van der Waals surface area contributed by atoms with E-state index in [1.165, 1.54) is 0 Å². The Morgan fingerprint density at radius 1 is 1.70 bits per heavy atom. The van der Waals surface area contributed by atoms with Crippen LogP contribution in [-0.4, -0.2) is 29.2 Å². The minimum absolute atomic E-state index is 0.223. The highest BCUT2D eigenvalue weighted by Crippen LogP contribution is 1.90. The number of nitrogens with one attached hydrogen (secondary N) is 3. The number of rotatable bonds is 0. The molecule has 2 unspecified atom stereocenters. The number of nitrogens with two attached hydrogens (primary N) is 1. The van der Waals surface area contributed by atoms with Gasteiger partial charge in [-0.1, -0.05) is 0 Å².